The number of ketones is 1. The molecule has 0 atom stereocenters. The minimum Gasteiger partial charge on any atom is -0.371 e. The lowest BCUT2D eigenvalue weighted by Crippen LogP contribution is -2.37. The molecule has 2 nitrogen and oxygen atoms in total. The molecule has 2 aliphatic carbocycles. The smallest absolute Gasteiger partial charge is 0.178 e. The van der Waals surface area contributed by atoms with E-state index in [-0.39, 0.29) is 11.2 Å². The second-order valence-corrected chi connectivity index (χ2v) is 8.04. The zero-order chi connectivity index (χ0) is 16.5. The molecule has 0 unspecified atom stereocenters. The Bertz CT molecular complexity index is 864. The summed E-state index contributed by atoms with van der Waals surface area (Å²) in [6.45, 7) is 6.98. The van der Waals surface area contributed by atoms with Gasteiger partial charge < -0.3 is 4.90 Å². The van der Waals surface area contributed by atoms with Crippen molar-refractivity contribution in [2.75, 3.05) is 18.0 Å². The van der Waals surface area contributed by atoms with Crippen LogP contribution in [0.5, 0.6) is 0 Å². The number of benzene rings is 1. The van der Waals surface area contributed by atoms with Crippen LogP contribution in [-0.2, 0) is 23.1 Å². The number of allylic oxidation sites excluding steroid dienone is 5. The van der Waals surface area contributed by atoms with Crippen molar-refractivity contribution < 1.29 is 4.79 Å². The Hall–Kier alpha value is -2.09. The maximum Gasteiger partial charge on any atom is 0.178 e. The summed E-state index contributed by atoms with van der Waals surface area (Å²) < 4.78 is 0. The molecule has 0 amide bonds. The largest absolute Gasteiger partial charge is 0.371 e. The second kappa shape index (κ2) is 4.72. The Morgan fingerprint density at radius 1 is 1.04 bits per heavy atom. The fraction of sp³-hybridized carbons (Fsp3) is 0.409. The summed E-state index contributed by atoms with van der Waals surface area (Å²) in [7, 11) is 0. The van der Waals surface area contributed by atoms with Gasteiger partial charge in [0.15, 0.2) is 5.78 Å². The summed E-state index contributed by atoms with van der Waals surface area (Å²) in [6.07, 6.45) is 12.7. The van der Waals surface area contributed by atoms with E-state index in [4.69, 9.17) is 0 Å². The Kier molecular flexibility index (Phi) is 2.81. The third kappa shape index (κ3) is 1.80. The van der Waals surface area contributed by atoms with Crippen molar-refractivity contribution in [2.45, 2.75) is 44.9 Å². The lowest BCUT2D eigenvalue weighted by Gasteiger charge is -2.44. The first-order valence-corrected chi connectivity index (χ1v) is 9.16. The molecule has 24 heavy (non-hydrogen) atoms. The van der Waals surface area contributed by atoms with Crippen molar-refractivity contribution in [3.05, 3.63) is 57.7 Å². The summed E-state index contributed by atoms with van der Waals surface area (Å²) in [5.41, 5.74) is 9.74. The molecule has 0 bridgehead atoms. The van der Waals surface area contributed by atoms with E-state index in [2.05, 4.69) is 30.9 Å². The van der Waals surface area contributed by atoms with Gasteiger partial charge in [0.1, 0.15) is 0 Å². The monoisotopic (exact) mass is 317 g/mol. The van der Waals surface area contributed by atoms with Crippen LogP contribution < -0.4 is 4.90 Å². The average molecular weight is 317 g/mol. The van der Waals surface area contributed by atoms with Crippen molar-refractivity contribution in [3.63, 3.8) is 0 Å². The molecular formula is C22H23NO. The SMILES string of the molecule is CC1(C)C2=CC(=O)C=CC2=Cc2cc3c4c(c21)CCCN4CCC3. The van der Waals surface area contributed by atoms with E-state index in [1.165, 1.54) is 72.3 Å². The molecular weight excluding hydrogens is 294 g/mol. The third-order valence-corrected chi connectivity index (χ3v) is 6.19. The van der Waals surface area contributed by atoms with Crippen molar-refractivity contribution in [1.82, 2.24) is 0 Å². The number of fused-ring (bicyclic) bond motifs is 3. The summed E-state index contributed by atoms with van der Waals surface area (Å²) in [4.78, 5) is 14.6. The van der Waals surface area contributed by atoms with Crippen LogP contribution in [0.4, 0.5) is 5.69 Å². The van der Waals surface area contributed by atoms with E-state index >= 15 is 0 Å². The number of hydrogen-bond acceptors (Lipinski definition) is 2. The summed E-state index contributed by atoms with van der Waals surface area (Å²) in [5.74, 6) is 0.118. The molecule has 0 aromatic heterocycles. The van der Waals surface area contributed by atoms with E-state index in [9.17, 15) is 4.79 Å². The number of carbonyl (C=O) groups excluding carboxylic acids is 1. The number of aryl methyl sites for hydroxylation is 1. The summed E-state index contributed by atoms with van der Waals surface area (Å²) in [6, 6.07) is 2.43. The minimum atomic E-state index is -0.106. The van der Waals surface area contributed by atoms with Crippen molar-refractivity contribution in [2.24, 2.45) is 0 Å². The van der Waals surface area contributed by atoms with Gasteiger partial charge in [0.05, 0.1) is 0 Å². The molecule has 0 radical (unpaired) electrons. The third-order valence-electron chi connectivity index (χ3n) is 6.19. The second-order valence-electron chi connectivity index (χ2n) is 8.04. The molecule has 5 rings (SSSR count). The van der Waals surface area contributed by atoms with Crippen molar-refractivity contribution >= 4 is 17.5 Å². The molecule has 2 heteroatoms. The molecule has 0 N–H and O–H groups in total. The molecule has 2 aliphatic heterocycles. The molecule has 4 aliphatic rings. The topological polar surface area (TPSA) is 20.3 Å². The van der Waals surface area contributed by atoms with Gasteiger partial charge in [-0.3, -0.25) is 4.79 Å². The van der Waals surface area contributed by atoms with Crippen LogP contribution in [0.15, 0.2) is 35.4 Å². The molecule has 0 saturated carbocycles. The van der Waals surface area contributed by atoms with Crippen LogP contribution in [0.25, 0.3) is 6.08 Å². The molecule has 122 valence electrons. The summed E-state index contributed by atoms with van der Waals surface area (Å²) >= 11 is 0. The number of anilines is 1. The van der Waals surface area contributed by atoms with E-state index in [1.54, 1.807) is 11.6 Å². The van der Waals surface area contributed by atoms with E-state index in [0.29, 0.717) is 0 Å². The van der Waals surface area contributed by atoms with Gasteiger partial charge in [-0.15, -0.1) is 0 Å². The summed E-state index contributed by atoms with van der Waals surface area (Å²) in [5, 5.41) is 0. The first-order chi connectivity index (χ1) is 11.6. The highest BCUT2D eigenvalue weighted by Crippen LogP contribution is 2.50. The van der Waals surface area contributed by atoms with Crippen LogP contribution in [-0.4, -0.2) is 18.9 Å². The first kappa shape index (κ1) is 14.3. The van der Waals surface area contributed by atoms with Gasteiger partial charge in [0.2, 0.25) is 0 Å². The van der Waals surface area contributed by atoms with Gasteiger partial charge in [0, 0.05) is 24.2 Å². The first-order valence-electron chi connectivity index (χ1n) is 9.16. The highest BCUT2D eigenvalue weighted by molar-refractivity contribution is 6.04. The number of hydrogen-bond donors (Lipinski definition) is 0. The molecule has 0 fully saturated rings. The Morgan fingerprint density at radius 2 is 1.83 bits per heavy atom. The molecule has 2 heterocycles. The van der Waals surface area contributed by atoms with Gasteiger partial charge in [-0.2, -0.15) is 0 Å². The number of nitrogens with zero attached hydrogens (tertiary/aromatic N) is 1. The number of carbonyl (C=O) groups is 1. The van der Waals surface area contributed by atoms with Gasteiger partial charge in [-0.1, -0.05) is 19.9 Å². The maximum absolute atomic E-state index is 12.0. The highest BCUT2D eigenvalue weighted by atomic mass is 16.1. The van der Waals surface area contributed by atoms with Crippen LogP contribution in [0.3, 0.4) is 0 Å². The van der Waals surface area contributed by atoms with Gasteiger partial charge in [-0.05, 0) is 83.4 Å². The lowest BCUT2D eigenvalue weighted by molar-refractivity contribution is -0.110. The van der Waals surface area contributed by atoms with Gasteiger partial charge in [0.25, 0.3) is 0 Å². The number of rotatable bonds is 0. The normalized spacial score (nSPS) is 23.1. The lowest BCUT2D eigenvalue weighted by atomic mass is 9.64. The van der Waals surface area contributed by atoms with Crippen LogP contribution in [0, 0.1) is 0 Å². The van der Waals surface area contributed by atoms with E-state index < -0.39 is 0 Å². The molecule has 1 aromatic rings. The van der Waals surface area contributed by atoms with Crippen LogP contribution >= 0.6 is 0 Å². The maximum atomic E-state index is 12.0. The van der Waals surface area contributed by atoms with Crippen molar-refractivity contribution in [1.29, 1.82) is 0 Å². The quantitative estimate of drug-likeness (QED) is 0.717. The minimum absolute atomic E-state index is 0.106. The van der Waals surface area contributed by atoms with Crippen LogP contribution in [0.1, 0.15) is 48.9 Å². The Morgan fingerprint density at radius 3 is 2.67 bits per heavy atom. The van der Waals surface area contributed by atoms with Crippen LogP contribution in [0.2, 0.25) is 0 Å². The Balaban J connectivity index is 1.83. The highest BCUT2D eigenvalue weighted by Gasteiger charge is 2.39. The molecule has 0 spiro atoms. The van der Waals surface area contributed by atoms with Crippen molar-refractivity contribution in [3.8, 4) is 0 Å². The van der Waals surface area contributed by atoms with E-state index in [0.717, 1.165) is 0 Å². The zero-order valence-corrected chi connectivity index (χ0v) is 14.5. The Labute approximate surface area is 143 Å². The molecule has 0 saturated heterocycles. The zero-order valence-electron chi connectivity index (χ0n) is 14.5. The molecule has 1 aromatic carbocycles. The fourth-order valence-electron chi connectivity index (χ4n) is 5.24. The van der Waals surface area contributed by atoms with Gasteiger partial charge >= 0.3 is 0 Å². The standard InChI is InChI=1S/C22H23NO/c1-22(2)19-13-17(24)8-7-14(19)11-16-12-15-5-3-9-23-10-4-6-18(20(16)22)21(15)23/h7-8,11-13H,3-6,9-10H2,1-2H3. The van der Waals surface area contributed by atoms with E-state index in [1.807, 2.05) is 12.2 Å². The van der Waals surface area contributed by atoms with Gasteiger partial charge in [-0.25, -0.2) is 0 Å². The predicted octanol–water partition coefficient (Wildman–Crippen LogP) is 4.13. The predicted molar refractivity (Wildman–Crippen MR) is 98.5 cm³/mol. The average Bonchev–Trinajstić information content (AvgIpc) is 2.56. The fourth-order valence-corrected chi connectivity index (χ4v) is 5.24.